The average Bonchev–Trinajstić information content (AvgIpc) is 2.46. The third-order valence-electron chi connectivity index (χ3n) is 1.99. The van der Waals surface area contributed by atoms with Gasteiger partial charge in [-0.3, -0.25) is 9.48 Å². The molecule has 0 aliphatic heterocycles. The first-order valence-electron chi connectivity index (χ1n) is 3.88. The average molecular weight is 193 g/mol. The SMILES string of the molecule is Cn1ncc2[nH]c(=O)c(C(=O)O)cc21. The van der Waals surface area contributed by atoms with Crippen molar-refractivity contribution in [1.82, 2.24) is 14.8 Å². The Kier molecular flexibility index (Phi) is 1.63. The highest BCUT2D eigenvalue weighted by atomic mass is 16.4. The second-order valence-corrected chi connectivity index (χ2v) is 2.88. The summed E-state index contributed by atoms with van der Waals surface area (Å²) in [6.07, 6.45) is 1.47. The van der Waals surface area contributed by atoms with Gasteiger partial charge in [0.2, 0.25) is 0 Å². The van der Waals surface area contributed by atoms with Crippen molar-refractivity contribution in [3.8, 4) is 0 Å². The van der Waals surface area contributed by atoms with Crippen LogP contribution in [0.1, 0.15) is 10.4 Å². The molecule has 14 heavy (non-hydrogen) atoms. The zero-order valence-electron chi connectivity index (χ0n) is 7.31. The maximum absolute atomic E-state index is 11.2. The molecule has 2 rings (SSSR count). The van der Waals surface area contributed by atoms with Crippen LogP contribution in [0.3, 0.4) is 0 Å². The number of carboxylic acids is 1. The van der Waals surface area contributed by atoms with Crippen LogP contribution < -0.4 is 5.56 Å². The number of aromatic nitrogens is 3. The molecule has 0 saturated carbocycles. The molecule has 0 radical (unpaired) electrons. The van der Waals surface area contributed by atoms with Crippen LogP contribution in [0, 0.1) is 0 Å². The highest BCUT2D eigenvalue weighted by Crippen LogP contribution is 2.08. The number of aryl methyl sites for hydroxylation is 1. The van der Waals surface area contributed by atoms with Gasteiger partial charge >= 0.3 is 5.97 Å². The van der Waals surface area contributed by atoms with Crippen molar-refractivity contribution < 1.29 is 9.90 Å². The Morgan fingerprint density at radius 3 is 3.00 bits per heavy atom. The van der Waals surface area contributed by atoms with Crippen molar-refractivity contribution in [3.05, 3.63) is 28.2 Å². The number of carboxylic acid groups (broad SMARTS) is 1. The number of aromatic amines is 1. The molecule has 0 aliphatic carbocycles. The van der Waals surface area contributed by atoms with Gasteiger partial charge in [-0.05, 0) is 6.07 Å². The summed E-state index contributed by atoms with van der Waals surface area (Å²) in [6, 6.07) is 1.31. The van der Waals surface area contributed by atoms with Gasteiger partial charge in [0.15, 0.2) is 0 Å². The number of hydrogen-bond acceptors (Lipinski definition) is 3. The quantitative estimate of drug-likeness (QED) is 0.665. The third-order valence-corrected chi connectivity index (χ3v) is 1.99. The van der Waals surface area contributed by atoms with Crippen LogP contribution in [-0.4, -0.2) is 25.8 Å². The molecule has 2 heterocycles. The number of pyridine rings is 1. The summed E-state index contributed by atoms with van der Waals surface area (Å²) >= 11 is 0. The Morgan fingerprint density at radius 2 is 2.36 bits per heavy atom. The van der Waals surface area contributed by atoms with E-state index >= 15 is 0 Å². The number of nitrogens with one attached hydrogen (secondary N) is 1. The second-order valence-electron chi connectivity index (χ2n) is 2.88. The number of rotatable bonds is 1. The number of carbonyl (C=O) groups is 1. The van der Waals surface area contributed by atoms with Crippen molar-refractivity contribution in [2.45, 2.75) is 0 Å². The Hall–Kier alpha value is -2.11. The number of fused-ring (bicyclic) bond motifs is 1. The lowest BCUT2D eigenvalue weighted by molar-refractivity contribution is 0.0695. The highest BCUT2D eigenvalue weighted by Gasteiger charge is 2.11. The fourth-order valence-electron chi connectivity index (χ4n) is 1.27. The summed E-state index contributed by atoms with van der Waals surface area (Å²) in [5.74, 6) is -1.24. The summed E-state index contributed by atoms with van der Waals surface area (Å²) in [4.78, 5) is 24.3. The molecular weight excluding hydrogens is 186 g/mol. The molecule has 0 saturated heterocycles. The molecule has 72 valence electrons. The Morgan fingerprint density at radius 1 is 1.64 bits per heavy atom. The molecule has 0 aromatic carbocycles. The minimum absolute atomic E-state index is 0.277. The Bertz CT molecular complexity index is 567. The molecule has 6 heteroatoms. The van der Waals surface area contributed by atoms with E-state index < -0.39 is 11.5 Å². The van der Waals surface area contributed by atoms with E-state index in [1.54, 1.807) is 7.05 Å². The first-order chi connectivity index (χ1) is 6.59. The third kappa shape index (κ3) is 1.08. The Labute approximate surface area is 77.8 Å². The number of hydrogen-bond donors (Lipinski definition) is 2. The van der Waals surface area contributed by atoms with Gasteiger partial charge in [0.05, 0.1) is 17.2 Å². The zero-order valence-corrected chi connectivity index (χ0v) is 7.31. The van der Waals surface area contributed by atoms with Gasteiger partial charge in [-0.25, -0.2) is 4.79 Å². The molecule has 0 amide bonds. The summed E-state index contributed by atoms with van der Waals surface area (Å²) in [6.45, 7) is 0. The predicted molar refractivity (Wildman–Crippen MR) is 48.3 cm³/mol. The van der Waals surface area contributed by atoms with Gasteiger partial charge < -0.3 is 10.1 Å². The second kappa shape index (κ2) is 2.69. The lowest BCUT2D eigenvalue weighted by Gasteiger charge is -1.95. The summed E-state index contributed by atoms with van der Waals surface area (Å²) in [5, 5.41) is 12.6. The van der Waals surface area contributed by atoms with E-state index in [-0.39, 0.29) is 5.56 Å². The summed E-state index contributed by atoms with van der Waals surface area (Å²) in [7, 11) is 1.67. The van der Waals surface area contributed by atoms with Crippen molar-refractivity contribution in [2.24, 2.45) is 7.05 Å². The lowest BCUT2D eigenvalue weighted by Crippen LogP contribution is -2.16. The van der Waals surface area contributed by atoms with E-state index in [0.717, 1.165) is 0 Å². The number of aromatic carboxylic acids is 1. The molecule has 0 bridgehead atoms. The van der Waals surface area contributed by atoms with Crippen LogP contribution >= 0.6 is 0 Å². The van der Waals surface area contributed by atoms with Gasteiger partial charge in [0.1, 0.15) is 5.56 Å². The smallest absolute Gasteiger partial charge is 0.341 e. The number of H-pyrrole nitrogens is 1. The van der Waals surface area contributed by atoms with Crippen LogP contribution in [-0.2, 0) is 7.05 Å². The standard InChI is InChI=1S/C8H7N3O3/c1-11-6-2-4(8(13)14)7(12)10-5(6)3-9-11/h2-3H,1H3,(H,10,12)(H,13,14). The molecule has 0 spiro atoms. The van der Waals surface area contributed by atoms with Gasteiger partial charge in [-0.15, -0.1) is 0 Å². The molecule has 0 fully saturated rings. The molecule has 0 unspecified atom stereocenters. The van der Waals surface area contributed by atoms with Crippen molar-refractivity contribution in [3.63, 3.8) is 0 Å². The molecule has 6 nitrogen and oxygen atoms in total. The van der Waals surface area contributed by atoms with E-state index in [1.165, 1.54) is 16.9 Å². The normalized spacial score (nSPS) is 10.6. The highest BCUT2D eigenvalue weighted by molar-refractivity contribution is 5.91. The van der Waals surface area contributed by atoms with E-state index in [9.17, 15) is 9.59 Å². The van der Waals surface area contributed by atoms with Gasteiger partial charge in [0.25, 0.3) is 5.56 Å². The fraction of sp³-hybridized carbons (Fsp3) is 0.125. The van der Waals surface area contributed by atoms with Crippen molar-refractivity contribution >= 4 is 17.0 Å². The zero-order chi connectivity index (χ0) is 10.3. The van der Waals surface area contributed by atoms with Crippen LogP contribution in [0.15, 0.2) is 17.1 Å². The fourth-order valence-corrected chi connectivity index (χ4v) is 1.27. The van der Waals surface area contributed by atoms with E-state index in [2.05, 4.69) is 10.1 Å². The van der Waals surface area contributed by atoms with E-state index in [4.69, 9.17) is 5.11 Å². The van der Waals surface area contributed by atoms with Crippen LogP contribution in [0.4, 0.5) is 0 Å². The van der Waals surface area contributed by atoms with Crippen molar-refractivity contribution in [1.29, 1.82) is 0 Å². The predicted octanol–water partition coefficient (Wildman–Crippen LogP) is -0.0402. The van der Waals surface area contributed by atoms with Crippen molar-refractivity contribution in [2.75, 3.05) is 0 Å². The summed E-state index contributed by atoms with van der Waals surface area (Å²) in [5.41, 5.74) is 0.226. The van der Waals surface area contributed by atoms with Gasteiger partial charge in [-0.1, -0.05) is 0 Å². The number of nitrogens with zero attached hydrogens (tertiary/aromatic N) is 2. The molecule has 2 aromatic rings. The summed E-state index contributed by atoms with van der Waals surface area (Å²) < 4.78 is 1.50. The first-order valence-corrected chi connectivity index (χ1v) is 3.88. The largest absolute Gasteiger partial charge is 0.477 e. The maximum atomic E-state index is 11.2. The first kappa shape index (κ1) is 8.49. The maximum Gasteiger partial charge on any atom is 0.341 e. The molecule has 0 aliphatic rings. The van der Waals surface area contributed by atoms with Gasteiger partial charge in [0, 0.05) is 7.05 Å². The minimum Gasteiger partial charge on any atom is -0.477 e. The van der Waals surface area contributed by atoms with E-state index in [1.807, 2.05) is 0 Å². The Balaban J connectivity index is 2.87. The molecule has 2 aromatic heterocycles. The lowest BCUT2D eigenvalue weighted by atomic mass is 10.2. The minimum atomic E-state index is -1.24. The van der Waals surface area contributed by atoms with Crippen LogP contribution in [0.25, 0.3) is 11.0 Å². The molecule has 2 N–H and O–H groups in total. The molecule has 0 atom stereocenters. The van der Waals surface area contributed by atoms with Crippen LogP contribution in [0.5, 0.6) is 0 Å². The monoisotopic (exact) mass is 193 g/mol. The topological polar surface area (TPSA) is 88.0 Å². The van der Waals surface area contributed by atoms with Gasteiger partial charge in [-0.2, -0.15) is 5.10 Å². The van der Waals surface area contributed by atoms with E-state index in [0.29, 0.717) is 11.0 Å². The van der Waals surface area contributed by atoms with Crippen LogP contribution in [0.2, 0.25) is 0 Å². The molecular formula is C8H7N3O3.